The van der Waals surface area contributed by atoms with Crippen molar-refractivity contribution in [1.29, 1.82) is 0 Å². The number of hydrogen-bond acceptors (Lipinski definition) is 7. The van der Waals surface area contributed by atoms with Gasteiger partial charge in [-0.1, -0.05) is 0 Å². The van der Waals surface area contributed by atoms with Gasteiger partial charge in [0.1, 0.15) is 29.9 Å². The lowest BCUT2D eigenvalue weighted by molar-refractivity contribution is -0.159. The smallest absolute Gasteiger partial charge is 0.414 e. The minimum atomic E-state index is -1.82. The second-order valence-corrected chi connectivity index (χ2v) is 7.01. The lowest BCUT2D eigenvalue weighted by Gasteiger charge is -2.33. The molecular formula is C22H25N3O7. The molecule has 1 aromatic carbocycles. The number of carboxylic acids is 2. The Morgan fingerprint density at radius 1 is 1.12 bits per heavy atom. The first kappa shape index (κ1) is 23.0. The van der Waals surface area contributed by atoms with Crippen LogP contribution in [0.4, 0.5) is 0 Å². The summed E-state index contributed by atoms with van der Waals surface area (Å²) in [6, 6.07) is 13.8. The van der Waals surface area contributed by atoms with Crippen LogP contribution in [0.25, 0.3) is 11.0 Å². The fourth-order valence-electron chi connectivity index (χ4n) is 3.22. The minimum absolute atomic E-state index is 0.0561. The number of pyridine rings is 1. The third-order valence-electron chi connectivity index (χ3n) is 4.78. The standard InChI is InChI=1S/C20H23N3O3.C2H2O4/c1-24-17-4-6-18(7-5-17)26-14-19-13-22(11-12-25-19)15-23-10-8-16-3-2-9-21-20(16)23;3-1(4)2(5)6/h2-10,19H,11-15H2,1H3;(H,3,4)(H,5,6). The molecule has 1 fully saturated rings. The number of nitrogens with zero attached hydrogens (tertiary/aromatic N) is 3. The molecule has 2 N–H and O–H groups in total. The van der Waals surface area contributed by atoms with Crippen LogP contribution in [0.1, 0.15) is 0 Å². The summed E-state index contributed by atoms with van der Waals surface area (Å²) in [4.78, 5) is 25.1. The first-order valence-electron chi connectivity index (χ1n) is 9.93. The van der Waals surface area contributed by atoms with Crippen molar-refractivity contribution in [2.24, 2.45) is 0 Å². The van der Waals surface area contributed by atoms with Crippen molar-refractivity contribution in [2.75, 3.05) is 33.4 Å². The van der Waals surface area contributed by atoms with Crippen LogP contribution < -0.4 is 9.47 Å². The molecule has 0 bridgehead atoms. The Hall–Kier alpha value is -3.63. The fraction of sp³-hybridized carbons (Fsp3) is 0.318. The summed E-state index contributed by atoms with van der Waals surface area (Å²) in [6.07, 6.45) is 3.99. The summed E-state index contributed by atoms with van der Waals surface area (Å²) in [5.41, 5.74) is 1.02. The van der Waals surface area contributed by atoms with Crippen LogP contribution in [-0.4, -0.2) is 76.1 Å². The van der Waals surface area contributed by atoms with E-state index in [0.29, 0.717) is 13.2 Å². The number of benzene rings is 1. The highest BCUT2D eigenvalue weighted by Crippen LogP contribution is 2.18. The SMILES string of the molecule is COc1ccc(OCC2CN(Cn3ccc4cccnc43)CCO2)cc1.O=C(O)C(=O)O. The summed E-state index contributed by atoms with van der Waals surface area (Å²) >= 11 is 0. The zero-order valence-electron chi connectivity index (χ0n) is 17.6. The molecule has 1 aliphatic rings. The molecule has 0 amide bonds. The highest BCUT2D eigenvalue weighted by Gasteiger charge is 2.21. The number of morpholine rings is 1. The van der Waals surface area contributed by atoms with Gasteiger partial charge in [0.2, 0.25) is 0 Å². The molecule has 2 aromatic heterocycles. The van der Waals surface area contributed by atoms with Gasteiger partial charge in [-0.25, -0.2) is 14.6 Å². The molecule has 3 heterocycles. The van der Waals surface area contributed by atoms with Gasteiger partial charge in [-0.15, -0.1) is 0 Å². The molecule has 3 aromatic rings. The van der Waals surface area contributed by atoms with Gasteiger partial charge in [-0.3, -0.25) is 4.90 Å². The second-order valence-electron chi connectivity index (χ2n) is 7.01. The molecule has 0 saturated carbocycles. The fourth-order valence-corrected chi connectivity index (χ4v) is 3.22. The number of ether oxygens (including phenoxy) is 3. The van der Waals surface area contributed by atoms with E-state index in [4.69, 9.17) is 34.0 Å². The first-order valence-corrected chi connectivity index (χ1v) is 9.93. The highest BCUT2D eigenvalue weighted by molar-refractivity contribution is 6.27. The third kappa shape index (κ3) is 6.43. The van der Waals surface area contributed by atoms with Crippen molar-refractivity contribution >= 4 is 23.0 Å². The third-order valence-corrected chi connectivity index (χ3v) is 4.78. The predicted octanol–water partition coefficient (Wildman–Crippen LogP) is 1.94. The van der Waals surface area contributed by atoms with Gasteiger partial charge >= 0.3 is 11.9 Å². The van der Waals surface area contributed by atoms with Crippen LogP contribution in [0.15, 0.2) is 54.9 Å². The molecule has 10 nitrogen and oxygen atoms in total. The number of aliphatic carboxylic acids is 2. The molecule has 0 aliphatic carbocycles. The van der Waals surface area contributed by atoms with Crippen LogP contribution in [-0.2, 0) is 21.0 Å². The van der Waals surface area contributed by atoms with Gasteiger partial charge in [0.25, 0.3) is 0 Å². The van der Waals surface area contributed by atoms with Gasteiger partial charge in [-0.2, -0.15) is 0 Å². The van der Waals surface area contributed by atoms with E-state index in [1.54, 1.807) is 7.11 Å². The maximum Gasteiger partial charge on any atom is 0.414 e. The minimum Gasteiger partial charge on any atom is -0.497 e. The van der Waals surface area contributed by atoms with Crippen molar-refractivity contribution in [3.63, 3.8) is 0 Å². The topological polar surface area (TPSA) is 123 Å². The summed E-state index contributed by atoms with van der Waals surface area (Å²) in [6.45, 7) is 3.80. The quantitative estimate of drug-likeness (QED) is 0.550. The van der Waals surface area contributed by atoms with Crippen LogP contribution in [0.3, 0.4) is 0 Å². The normalized spacial score (nSPS) is 16.1. The molecule has 0 spiro atoms. The van der Waals surface area contributed by atoms with E-state index < -0.39 is 11.9 Å². The molecule has 1 atom stereocenters. The Balaban J connectivity index is 0.000000427. The average molecular weight is 443 g/mol. The Kier molecular flexibility index (Phi) is 8.01. The summed E-state index contributed by atoms with van der Waals surface area (Å²) in [5.74, 6) is -2.00. The Labute approximate surface area is 184 Å². The molecule has 1 saturated heterocycles. The predicted molar refractivity (Wildman–Crippen MR) is 115 cm³/mol. The van der Waals surface area contributed by atoms with Gasteiger partial charge in [0.05, 0.1) is 20.4 Å². The van der Waals surface area contributed by atoms with Crippen LogP contribution in [0, 0.1) is 0 Å². The second kappa shape index (κ2) is 11.1. The van der Waals surface area contributed by atoms with Gasteiger partial charge in [0.15, 0.2) is 0 Å². The molecule has 1 unspecified atom stereocenters. The van der Waals surface area contributed by atoms with E-state index >= 15 is 0 Å². The summed E-state index contributed by atoms with van der Waals surface area (Å²) < 4.78 is 19.1. The Morgan fingerprint density at radius 3 is 2.53 bits per heavy atom. The van der Waals surface area contributed by atoms with Crippen molar-refractivity contribution in [2.45, 2.75) is 12.8 Å². The molecule has 32 heavy (non-hydrogen) atoms. The van der Waals surface area contributed by atoms with Gasteiger partial charge < -0.3 is 29.0 Å². The van der Waals surface area contributed by atoms with E-state index in [1.807, 2.05) is 36.5 Å². The van der Waals surface area contributed by atoms with Crippen molar-refractivity contribution in [1.82, 2.24) is 14.5 Å². The zero-order valence-corrected chi connectivity index (χ0v) is 17.6. The first-order chi connectivity index (χ1) is 15.5. The highest BCUT2D eigenvalue weighted by atomic mass is 16.5. The van der Waals surface area contributed by atoms with E-state index in [9.17, 15) is 0 Å². The molecular weight excluding hydrogens is 418 g/mol. The van der Waals surface area contributed by atoms with E-state index in [0.717, 1.165) is 36.9 Å². The average Bonchev–Trinajstić information content (AvgIpc) is 3.21. The molecule has 170 valence electrons. The van der Waals surface area contributed by atoms with Gasteiger partial charge in [0, 0.05) is 30.9 Å². The lowest BCUT2D eigenvalue weighted by atomic mass is 10.3. The largest absolute Gasteiger partial charge is 0.497 e. The van der Waals surface area contributed by atoms with Gasteiger partial charge in [-0.05, 0) is 42.5 Å². The van der Waals surface area contributed by atoms with Crippen LogP contribution >= 0.6 is 0 Å². The van der Waals surface area contributed by atoms with E-state index in [1.165, 1.54) is 5.39 Å². The molecule has 10 heteroatoms. The Morgan fingerprint density at radius 2 is 1.84 bits per heavy atom. The zero-order chi connectivity index (χ0) is 22.9. The number of methoxy groups -OCH3 is 1. The van der Waals surface area contributed by atoms with Crippen LogP contribution in [0.5, 0.6) is 11.5 Å². The number of carbonyl (C=O) groups is 2. The molecule has 0 radical (unpaired) electrons. The Bertz CT molecular complexity index is 1020. The van der Waals surface area contributed by atoms with Crippen molar-refractivity contribution < 1.29 is 34.0 Å². The number of carboxylic acid groups (broad SMARTS) is 2. The lowest BCUT2D eigenvalue weighted by Crippen LogP contribution is -2.45. The summed E-state index contributed by atoms with van der Waals surface area (Å²) in [5, 5.41) is 15.9. The van der Waals surface area contributed by atoms with Crippen molar-refractivity contribution in [3.8, 4) is 11.5 Å². The number of fused-ring (bicyclic) bond motifs is 1. The monoisotopic (exact) mass is 443 g/mol. The van der Waals surface area contributed by atoms with E-state index in [-0.39, 0.29) is 6.10 Å². The van der Waals surface area contributed by atoms with E-state index in [2.05, 4.69) is 32.8 Å². The summed E-state index contributed by atoms with van der Waals surface area (Å²) in [7, 11) is 1.66. The molecule has 1 aliphatic heterocycles. The molecule has 4 rings (SSSR count). The number of aromatic nitrogens is 2. The van der Waals surface area contributed by atoms with Crippen molar-refractivity contribution in [3.05, 3.63) is 54.9 Å². The maximum atomic E-state index is 9.10. The van der Waals surface area contributed by atoms with Crippen LogP contribution in [0.2, 0.25) is 0 Å². The number of hydrogen-bond donors (Lipinski definition) is 2. The maximum absolute atomic E-state index is 9.10. The number of rotatable bonds is 6.